The van der Waals surface area contributed by atoms with E-state index in [4.69, 9.17) is 5.73 Å². The topological polar surface area (TPSA) is 26.0 Å². The minimum atomic E-state index is 0.245. The van der Waals surface area contributed by atoms with Crippen molar-refractivity contribution in [2.24, 2.45) is 17.6 Å². The first-order valence-electron chi connectivity index (χ1n) is 7.13. The van der Waals surface area contributed by atoms with E-state index in [-0.39, 0.29) is 6.04 Å². The number of rotatable bonds is 3. The summed E-state index contributed by atoms with van der Waals surface area (Å²) in [6.45, 7) is 2.32. The molecule has 2 N–H and O–H groups in total. The predicted octanol–water partition coefficient (Wildman–Crippen LogP) is 3.61. The second kappa shape index (κ2) is 4.45. The minimum absolute atomic E-state index is 0.245. The van der Waals surface area contributed by atoms with Gasteiger partial charge in [-0.3, -0.25) is 0 Å². The molecule has 1 fully saturated rings. The molecular formula is C16H23N. The third kappa shape index (κ3) is 2.26. The van der Waals surface area contributed by atoms with Crippen molar-refractivity contribution in [3.8, 4) is 0 Å². The summed E-state index contributed by atoms with van der Waals surface area (Å²) in [4.78, 5) is 0. The first kappa shape index (κ1) is 11.3. The summed E-state index contributed by atoms with van der Waals surface area (Å²) in [5, 5.41) is 0. The van der Waals surface area contributed by atoms with Crippen LogP contribution in [-0.2, 0) is 12.8 Å². The Bertz CT molecular complexity index is 406. The molecule has 0 amide bonds. The molecule has 0 aromatic heterocycles. The molecule has 1 heteroatoms. The summed E-state index contributed by atoms with van der Waals surface area (Å²) in [5.41, 5.74) is 10.9. The molecule has 92 valence electrons. The SMILES string of the molecule is CC(C1CC1)C(N)c1ccc2c(c1)CCCC2. The minimum Gasteiger partial charge on any atom is -0.324 e. The molecule has 0 radical (unpaired) electrons. The lowest BCUT2D eigenvalue weighted by Gasteiger charge is -2.23. The Morgan fingerprint density at radius 1 is 1.12 bits per heavy atom. The number of fused-ring (bicyclic) bond motifs is 1. The van der Waals surface area contributed by atoms with E-state index in [0.717, 1.165) is 5.92 Å². The molecule has 2 unspecified atom stereocenters. The molecule has 2 atom stereocenters. The van der Waals surface area contributed by atoms with Crippen LogP contribution in [0, 0.1) is 11.8 Å². The Morgan fingerprint density at radius 3 is 2.53 bits per heavy atom. The van der Waals surface area contributed by atoms with Crippen LogP contribution in [0.4, 0.5) is 0 Å². The van der Waals surface area contributed by atoms with Gasteiger partial charge in [0.2, 0.25) is 0 Å². The average Bonchev–Trinajstić information content (AvgIpc) is 3.21. The highest BCUT2D eigenvalue weighted by molar-refractivity contribution is 5.35. The standard InChI is InChI=1S/C16H23N/c1-11(12-6-7-12)16(17)15-9-8-13-4-2-3-5-14(13)10-15/h8-12,16H,2-7,17H2,1H3. The number of hydrogen-bond donors (Lipinski definition) is 1. The van der Waals surface area contributed by atoms with E-state index >= 15 is 0 Å². The first-order valence-corrected chi connectivity index (χ1v) is 7.13. The van der Waals surface area contributed by atoms with E-state index in [1.54, 1.807) is 11.1 Å². The Morgan fingerprint density at radius 2 is 1.82 bits per heavy atom. The summed E-state index contributed by atoms with van der Waals surface area (Å²) < 4.78 is 0. The van der Waals surface area contributed by atoms with Crippen LogP contribution in [0.15, 0.2) is 18.2 Å². The number of benzene rings is 1. The van der Waals surface area contributed by atoms with Gasteiger partial charge in [-0.05, 0) is 67.1 Å². The summed E-state index contributed by atoms with van der Waals surface area (Å²) in [6.07, 6.45) is 8.01. The maximum absolute atomic E-state index is 6.41. The second-order valence-electron chi connectivity index (χ2n) is 5.96. The van der Waals surface area contributed by atoms with Gasteiger partial charge in [-0.25, -0.2) is 0 Å². The lowest BCUT2D eigenvalue weighted by atomic mass is 9.86. The highest BCUT2D eigenvalue weighted by Crippen LogP contribution is 2.42. The van der Waals surface area contributed by atoms with E-state index in [2.05, 4.69) is 25.1 Å². The first-order chi connectivity index (χ1) is 8.25. The van der Waals surface area contributed by atoms with Crippen molar-refractivity contribution in [3.05, 3.63) is 34.9 Å². The van der Waals surface area contributed by atoms with Gasteiger partial charge in [-0.2, -0.15) is 0 Å². The Balaban J connectivity index is 1.82. The van der Waals surface area contributed by atoms with Crippen molar-refractivity contribution >= 4 is 0 Å². The monoisotopic (exact) mass is 229 g/mol. The smallest absolute Gasteiger partial charge is 0.0323 e. The molecule has 2 aliphatic rings. The molecule has 3 rings (SSSR count). The van der Waals surface area contributed by atoms with Crippen molar-refractivity contribution in [2.75, 3.05) is 0 Å². The van der Waals surface area contributed by atoms with Crippen LogP contribution in [0.2, 0.25) is 0 Å². The van der Waals surface area contributed by atoms with Gasteiger partial charge >= 0.3 is 0 Å². The van der Waals surface area contributed by atoms with Crippen molar-refractivity contribution < 1.29 is 0 Å². The van der Waals surface area contributed by atoms with Crippen LogP contribution in [0.5, 0.6) is 0 Å². The van der Waals surface area contributed by atoms with Crippen LogP contribution in [0.3, 0.4) is 0 Å². The highest BCUT2D eigenvalue weighted by atomic mass is 14.7. The Kier molecular flexibility index (Phi) is 2.96. The number of nitrogens with two attached hydrogens (primary N) is 1. The lowest BCUT2D eigenvalue weighted by molar-refractivity contribution is 0.417. The van der Waals surface area contributed by atoms with Crippen LogP contribution >= 0.6 is 0 Å². The summed E-state index contributed by atoms with van der Waals surface area (Å²) in [6, 6.07) is 7.23. The Hall–Kier alpha value is -0.820. The van der Waals surface area contributed by atoms with E-state index in [0.29, 0.717) is 5.92 Å². The third-order valence-corrected chi connectivity index (χ3v) is 4.69. The summed E-state index contributed by atoms with van der Waals surface area (Å²) in [7, 11) is 0. The maximum Gasteiger partial charge on any atom is 0.0323 e. The maximum atomic E-state index is 6.41. The zero-order valence-corrected chi connectivity index (χ0v) is 10.8. The van der Waals surface area contributed by atoms with Crippen LogP contribution in [0.25, 0.3) is 0 Å². The summed E-state index contributed by atoms with van der Waals surface area (Å²) in [5.74, 6) is 1.54. The molecule has 1 aromatic carbocycles. The molecule has 2 aliphatic carbocycles. The largest absolute Gasteiger partial charge is 0.324 e. The predicted molar refractivity (Wildman–Crippen MR) is 71.9 cm³/mol. The fourth-order valence-electron chi connectivity index (χ4n) is 3.18. The molecule has 0 aliphatic heterocycles. The van der Waals surface area contributed by atoms with Gasteiger partial charge in [0.25, 0.3) is 0 Å². The van der Waals surface area contributed by atoms with Crippen molar-refractivity contribution in [1.29, 1.82) is 0 Å². The van der Waals surface area contributed by atoms with Crippen LogP contribution < -0.4 is 5.73 Å². The van der Waals surface area contributed by atoms with Crippen LogP contribution in [-0.4, -0.2) is 0 Å². The van der Waals surface area contributed by atoms with E-state index in [1.165, 1.54) is 44.1 Å². The molecule has 1 nitrogen and oxygen atoms in total. The van der Waals surface area contributed by atoms with E-state index in [1.807, 2.05) is 0 Å². The van der Waals surface area contributed by atoms with E-state index < -0.39 is 0 Å². The molecule has 0 heterocycles. The fraction of sp³-hybridized carbons (Fsp3) is 0.625. The summed E-state index contributed by atoms with van der Waals surface area (Å²) >= 11 is 0. The normalized spacial score (nSPS) is 22.9. The number of aryl methyl sites for hydroxylation is 2. The fourth-order valence-corrected chi connectivity index (χ4v) is 3.18. The molecule has 1 aromatic rings. The molecule has 0 bridgehead atoms. The zero-order valence-electron chi connectivity index (χ0n) is 10.8. The van der Waals surface area contributed by atoms with Gasteiger partial charge in [0.1, 0.15) is 0 Å². The highest BCUT2D eigenvalue weighted by Gasteiger charge is 2.32. The molecular weight excluding hydrogens is 206 g/mol. The molecule has 17 heavy (non-hydrogen) atoms. The average molecular weight is 229 g/mol. The lowest BCUT2D eigenvalue weighted by Crippen LogP contribution is -2.21. The molecule has 0 saturated heterocycles. The van der Waals surface area contributed by atoms with Gasteiger partial charge in [0, 0.05) is 6.04 Å². The van der Waals surface area contributed by atoms with Gasteiger partial charge in [-0.15, -0.1) is 0 Å². The van der Waals surface area contributed by atoms with E-state index in [9.17, 15) is 0 Å². The van der Waals surface area contributed by atoms with Gasteiger partial charge in [0.15, 0.2) is 0 Å². The second-order valence-corrected chi connectivity index (χ2v) is 5.96. The van der Waals surface area contributed by atoms with Crippen molar-refractivity contribution in [1.82, 2.24) is 0 Å². The quantitative estimate of drug-likeness (QED) is 0.842. The third-order valence-electron chi connectivity index (χ3n) is 4.69. The van der Waals surface area contributed by atoms with Crippen LogP contribution in [0.1, 0.15) is 55.3 Å². The molecule has 1 saturated carbocycles. The molecule has 0 spiro atoms. The number of hydrogen-bond acceptors (Lipinski definition) is 1. The van der Waals surface area contributed by atoms with Crippen molar-refractivity contribution in [3.63, 3.8) is 0 Å². The zero-order chi connectivity index (χ0) is 11.8. The van der Waals surface area contributed by atoms with Gasteiger partial charge < -0.3 is 5.73 Å². The Labute approximate surface area is 104 Å². The van der Waals surface area contributed by atoms with Crippen molar-refractivity contribution in [2.45, 2.75) is 51.5 Å². The van der Waals surface area contributed by atoms with Gasteiger partial charge in [-0.1, -0.05) is 25.1 Å². The van der Waals surface area contributed by atoms with Gasteiger partial charge in [0.05, 0.1) is 0 Å².